The average Bonchev–Trinajstić information content (AvgIpc) is 2.83. The third kappa shape index (κ3) is 6.22. The molecule has 1 fully saturated rings. The van der Waals surface area contributed by atoms with Gasteiger partial charge in [-0.05, 0) is 48.1 Å². The van der Waals surface area contributed by atoms with E-state index < -0.39 is 46.8 Å². The molecule has 1 aliphatic rings. The van der Waals surface area contributed by atoms with E-state index >= 15 is 0 Å². The number of halogens is 6. The Kier molecular flexibility index (Phi) is 9.42. The maximum Gasteiger partial charge on any atom is 0.269 e. The van der Waals surface area contributed by atoms with E-state index in [0.717, 1.165) is 25.0 Å². The van der Waals surface area contributed by atoms with Gasteiger partial charge in [-0.3, -0.25) is 0 Å². The van der Waals surface area contributed by atoms with Crippen LogP contribution in [0.25, 0.3) is 11.1 Å². The van der Waals surface area contributed by atoms with Gasteiger partial charge in [-0.25, -0.2) is 22.0 Å². The van der Waals surface area contributed by atoms with Crippen molar-refractivity contribution in [2.75, 3.05) is 6.61 Å². The van der Waals surface area contributed by atoms with Gasteiger partial charge < -0.3 is 9.47 Å². The molecule has 2 nitrogen and oxygen atoms in total. The summed E-state index contributed by atoms with van der Waals surface area (Å²) in [6.45, 7) is 6.63. The van der Waals surface area contributed by atoms with Crippen LogP contribution in [0.5, 0.6) is 5.75 Å². The predicted molar refractivity (Wildman–Crippen MR) is 130 cm³/mol. The van der Waals surface area contributed by atoms with E-state index in [1.807, 2.05) is 23.1 Å². The van der Waals surface area contributed by atoms with Crippen molar-refractivity contribution in [2.45, 2.75) is 46.1 Å². The van der Waals surface area contributed by atoms with E-state index in [0.29, 0.717) is 30.2 Å². The lowest BCUT2D eigenvalue weighted by atomic mass is 9.94. The first-order valence-corrected chi connectivity index (χ1v) is 12.2. The molecule has 0 saturated carbocycles. The van der Waals surface area contributed by atoms with Crippen LogP contribution in [0.4, 0.5) is 26.3 Å². The second kappa shape index (κ2) is 12.1. The highest BCUT2D eigenvalue weighted by Gasteiger charge is 2.25. The monoisotopic (exact) mass is 528 g/mol. The van der Waals surface area contributed by atoms with Gasteiger partial charge in [0, 0.05) is 29.6 Å². The number of alkyl halides is 1. The van der Waals surface area contributed by atoms with Gasteiger partial charge in [-0.15, -0.1) is 0 Å². The van der Waals surface area contributed by atoms with Crippen LogP contribution in [-0.2, 0) is 4.74 Å². The van der Waals surface area contributed by atoms with Crippen LogP contribution in [0.15, 0.2) is 42.5 Å². The molecule has 0 radical (unpaired) electrons. The number of hydrogen-bond donors (Lipinski definition) is 0. The highest BCUT2D eigenvalue weighted by atomic mass is 31.0. The standard InChI is InChI=1S/C25H21F6O2P.C2H6/c1-12-2-5-22(32-11-12)13-3-4-16(17(26)6-13)14-7-18(27)23(19(28)8-14)25(31)33-15-9-20(29)24(34)21(30)10-15;1-2/h3-4,6-10,12,22,25H,2,5,11,34H2,1H3;1-2H3. The van der Waals surface area contributed by atoms with Crippen LogP contribution in [0.2, 0.25) is 0 Å². The minimum atomic E-state index is -2.69. The first-order valence-electron chi connectivity index (χ1n) is 11.6. The first-order chi connectivity index (χ1) is 17.1. The lowest BCUT2D eigenvalue weighted by Crippen LogP contribution is -2.18. The number of rotatable bonds is 5. The molecule has 4 unspecified atom stereocenters. The van der Waals surface area contributed by atoms with Gasteiger partial charge in [0.05, 0.1) is 11.7 Å². The Hall–Kier alpha value is -2.57. The molecule has 0 bridgehead atoms. The SMILES string of the molecule is CC.CC1CCC(c2ccc(-c3cc(F)c(C(F)Oc4cc(F)c(P)c(F)c4)c(F)c3)c(F)c2)OC1. The third-order valence-corrected chi connectivity index (χ3v) is 6.33. The molecule has 4 rings (SSSR count). The zero-order valence-corrected chi connectivity index (χ0v) is 21.2. The van der Waals surface area contributed by atoms with Gasteiger partial charge in [0.15, 0.2) is 0 Å². The summed E-state index contributed by atoms with van der Waals surface area (Å²) in [7, 11) is 1.83. The topological polar surface area (TPSA) is 18.5 Å². The Morgan fingerprint density at radius 2 is 1.47 bits per heavy atom. The van der Waals surface area contributed by atoms with Gasteiger partial charge in [-0.2, -0.15) is 4.39 Å². The van der Waals surface area contributed by atoms with Gasteiger partial charge in [0.2, 0.25) is 0 Å². The van der Waals surface area contributed by atoms with Gasteiger partial charge in [0.25, 0.3) is 6.36 Å². The molecule has 1 aliphatic heterocycles. The van der Waals surface area contributed by atoms with E-state index in [1.54, 1.807) is 6.07 Å². The summed E-state index contributed by atoms with van der Waals surface area (Å²) >= 11 is 0. The molecule has 194 valence electrons. The highest BCUT2D eigenvalue weighted by Crippen LogP contribution is 2.35. The van der Waals surface area contributed by atoms with Gasteiger partial charge >= 0.3 is 0 Å². The molecule has 0 aliphatic carbocycles. The van der Waals surface area contributed by atoms with Crippen LogP contribution in [0.1, 0.15) is 57.2 Å². The molecule has 3 aromatic carbocycles. The second-order valence-corrected chi connectivity index (χ2v) is 8.91. The molecule has 1 heterocycles. The fourth-order valence-corrected chi connectivity index (χ4v) is 4.04. The van der Waals surface area contributed by atoms with E-state index in [9.17, 15) is 26.3 Å². The van der Waals surface area contributed by atoms with Crippen LogP contribution >= 0.6 is 9.24 Å². The quantitative estimate of drug-likeness (QED) is 0.246. The molecule has 1 saturated heterocycles. The van der Waals surface area contributed by atoms with Crippen molar-refractivity contribution in [2.24, 2.45) is 5.92 Å². The molecular formula is C27H27F6O2P. The van der Waals surface area contributed by atoms with Gasteiger partial charge in [0.1, 0.15) is 34.8 Å². The summed E-state index contributed by atoms with van der Waals surface area (Å²) in [5.41, 5.74) is -0.688. The lowest BCUT2D eigenvalue weighted by molar-refractivity contribution is -0.0125. The molecule has 3 aromatic rings. The molecule has 4 atom stereocenters. The van der Waals surface area contributed by atoms with E-state index in [-0.39, 0.29) is 22.5 Å². The largest absolute Gasteiger partial charge is 0.456 e. The molecule has 9 heteroatoms. The fourth-order valence-electron chi connectivity index (χ4n) is 3.88. The molecule has 0 spiro atoms. The minimum Gasteiger partial charge on any atom is -0.456 e. The van der Waals surface area contributed by atoms with Crippen molar-refractivity contribution in [1.82, 2.24) is 0 Å². The number of benzene rings is 3. The zero-order valence-electron chi connectivity index (χ0n) is 20.1. The van der Waals surface area contributed by atoms with Crippen LogP contribution < -0.4 is 10.0 Å². The average molecular weight is 528 g/mol. The second-order valence-electron chi connectivity index (χ2n) is 8.33. The zero-order chi connectivity index (χ0) is 26.6. The van der Waals surface area contributed by atoms with Gasteiger partial charge in [-0.1, -0.05) is 42.1 Å². The summed E-state index contributed by atoms with van der Waals surface area (Å²) in [6.07, 6.45) is -1.26. The summed E-state index contributed by atoms with van der Waals surface area (Å²) in [5, 5.41) is -0.387. The summed E-state index contributed by atoms with van der Waals surface area (Å²) in [5.74, 6) is -5.60. The van der Waals surface area contributed by atoms with Crippen LogP contribution in [-0.4, -0.2) is 6.61 Å². The molecule has 36 heavy (non-hydrogen) atoms. The molecule has 0 N–H and O–H groups in total. The molecule has 0 amide bonds. The van der Waals surface area contributed by atoms with Crippen LogP contribution in [0, 0.1) is 35.0 Å². The van der Waals surface area contributed by atoms with E-state index in [4.69, 9.17) is 9.47 Å². The normalized spacial score (nSPS) is 18.3. The van der Waals surface area contributed by atoms with Crippen molar-refractivity contribution in [1.29, 1.82) is 0 Å². The number of hydrogen-bond acceptors (Lipinski definition) is 2. The Bertz CT molecular complexity index is 1160. The molecule has 0 aromatic heterocycles. The Morgan fingerprint density at radius 3 is 2.00 bits per heavy atom. The van der Waals surface area contributed by atoms with Crippen molar-refractivity contribution in [3.05, 3.63) is 82.7 Å². The maximum absolute atomic E-state index is 14.8. The lowest BCUT2D eigenvalue weighted by Gasteiger charge is -2.27. The Labute approximate surface area is 208 Å². The highest BCUT2D eigenvalue weighted by molar-refractivity contribution is 7.27. The van der Waals surface area contributed by atoms with Crippen molar-refractivity contribution in [3.8, 4) is 16.9 Å². The van der Waals surface area contributed by atoms with E-state index in [2.05, 4.69) is 6.92 Å². The smallest absolute Gasteiger partial charge is 0.269 e. The Morgan fingerprint density at radius 1 is 0.861 bits per heavy atom. The summed E-state index contributed by atoms with van der Waals surface area (Å²) in [6, 6.07) is 7.21. The van der Waals surface area contributed by atoms with Crippen molar-refractivity contribution >= 4 is 14.5 Å². The Balaban J connectivity index is 0.00000176. The first kappa shape index (κ1) is 28.0. The van der Waals surface area contributed by atoms with Crippen LogP contribution in [0.3, 0.4) is 0 Å². The summed E-state index contributed by atoms with van der Waals surface area (Å²) < 4.78 is 96.4. The predicted octanol–water partition coefficient (Wildman–Crippen LogP) is 8.11. The van der Waals surface area contributed by atoms with E-state index in [1.165, 1.54) is 12.1 Å². The van der Waals surface area contributed by atoms with Crippen molar-refractivity contribution in [3.63, 3.8) is 0 Å². The minimum absolute atomic E-state index is 0.0752. The summed E-state index contributed by atoms with van der Waals surface area (Å²) in [4.78, 5) is 0. The molecular weight excluding hydrogens is 501 g/mol. The third-order valence-electron chi connectivity index (χ3n) is 5.78. The number of ether oxygens (including phenoxy) is 2. The maximum atomic E-state index is 14.8. The van der Waals surface area contributed by atoms with Crippen molar-refractivity contribution < 1.29 is 35.8 Å². The fraction of sp³-hybridized carbons (Fsp3) is 0.333.